The molecule has 0 spiro atoms. The van der Waals surface area contributed by atoms with E-state index in [0.717, 1.165) is 0 Å². The van der Waals surface area contributed by atoms with Gasteiger partial charge in [-0.25, -0.2) is 14.4 Å². The summed E-state index contributed by atoms with van der Waals surface area (Å²) in [7, 11) is 0. The first-order valence-electron chi connectivity index (χ1n) is 7.76. The normalized spacial score (nSPS) is 10.0. The van der Waals surface area contributed by atoms with E-state index in [-0.39, 0.29) is 18.1 Å². The highest BCUT2D eigenvalue weighted by molar-refractivity contribution is 5.92. The number of aromatic nitrogens is 2. The summed E-state index contributed by atoms with van der Waals surface area (Å²) < 4.78 is 13.6. The lowest BCUT2D eigenvalue weighted by atomic mass is 10.2. The molecule has 0 unspecified atom stereocenters. The van der Waals surface area contributed by atoms with Crippen molar-refractivity contribution in [2.24, 2.45) is 0 Å². The predicted octanol–water partition coefficient (Wildman–Crippen LogP) is 3.16. The summed E-state index contributed by atoms with van der Waals surface area (Å²) in [4.78, 5) is 20.2. The van der Waals surface area contributed by atoms with E-state index in [4.69, 9.17) is 5.26 Å². The third-order valence-corrected chi connectivity index (χ3v) is 3.56. The Kier molecular flexibility index (Phi) is 5.15. The fraction of sp³-hybridized carbons (Fsp3) is 0.0526. The summed E-state index contributed by atoms with van der Waals surface area (Å²) in [6.45, 7) is 0.0580. The van der Waals surface area contributed by atoms with E-state index in [1.807, 2.05) is 0 Å². The lowest BCUT2D eigenvalue weighted by molar-refractivity contribution is 0.0945. The van der Waals surface area contributed by atoms with E-state index in [0.29, 0.717) is 22.6 Å². The molecule has 0 aliphatic heterocycles. The van der Waals surface area contributed by atoms with E-state index < -0.39 is 5.91 Å². The van der Waals surface area contributed by atoms with Crippen molar-refractivity contribution in [1.29, 1.82) is 5.26 Å². The first-order chi connectivity index (χ1) is 12.7. The minimum atomic E-state index is -0.440. The molecular weight excluding hydrogens is 333 g/mol. The Balaban J connectivity index is 1.69. The van der Waals surface area contributed by atoms with Crippen molar-refractivity contribution in [3.05, 3.63) is 83.6 Å². The Morgan fingerprint density at radius 1 is 1.12 bits per heavy atom. The van der Waals surface area contributed by atoms with Crippen molar-refractivity contribution < 1.29 is 9.18 Å². The quantitative estimate of drug-likeness (QED) is 0.740. The molecule has 7 heteroatoms. The number of nitrogens with zero attached hydrogens (tertiary/aromatic N) is 3. The number of carbonyl (C=O) groups is 1. The van der Waals surface area contributed by atoms with Gasteiger partial charge >= 0.3 is 0 Å². The number of halogens is 1. The predicted molar refractivity (Wildman–Crippen MR) is 94.0 cm³/mol. The second kappa shape index (κ2) is 7.85. The Morgan fingerprint density at radius 2 is 1.96 bits per heavy atom. The molecule has 3 rings (SSSR count). The molecule has 1 amide bonds. The van der Waals surface area contributed by atoms with Crippen LogP contribution in [-0.4, -0.2) is 15.9 Å². The number of carbonyl (C=O) groups excluding carboxylic acids is 1. The van der Waals surface area contributed by atoms with Crippen LogP contribution in [0.4, 0.5) is 15.9 Å². The average molecular weight is 347 g/mol. The van der Waals surface area contributed by atoms with Crippen LogP contribution in [0.15, 0.2) is 60.9 Å². The van der Waals surface area contributed by atoms with Crippen molar-refractivity contribution in [2.45, 2.75) is 6.54 Å². The number of nitrogens with one attached hydrogen (secondary N) is 2. The maximum absolute atomic E-state index is 13.6. The van der Waals surface area contributed by atoms with Gasteiger partial charge in [0.1, 0.15) is 23.7 Å². The van der Waals surface area contributed by atoms with Crippen LogP contribution < -0.4 is 10.6 Å². The number of anilines is 2. The number of benzene rings is 2. The van der Waals surface area contributed by atoms with Crippen LogP contribution in [0, 0.1) is 17.1 Å². The largest absolute Gasteiger partial charge is 0.347 e. The number of amides is 1. The molecule has 0 bridgehead atoms. The molecule has 1 heterocycles. The molecule has 6 nitrogen and oxygen atoms in total. The standard InChI is InChI=1S/C19H14FN5O/c20-16-7-2-1-5-14(16)11-22-19(26)17-9-18(24-12-23-17)25-15-6-3-4-13(8-15)10-21/h1-9,12H,11H2,(H,22,26)(H,23,24,25). The summed E-state index contributed by atoms with van der Waals surface area (Å²) in [6, 6.07) is 16.6. The summed E-state index contributed by atoms with van der Waals surface area (Å²) >= 11 is 0. The molecule has 2 N–H and O–H groups in total. The topological polar surface area (TPSA) is 90.7 Å². The number of nitriles is 1. The third-order valence-electron chi connectivity index (χ3n) is 3.56. The van der Waals surface area contributed by atoms with Gasteiger partial charge in [0, 0.05) is 23.9 Å². The molecule has 2 aromatic carbocycles. The van der Waals surface area contributed by atoms with Gasteiger partial charge < -0.3 is 10.6 Å². The van der Waals surface area contributed by atoms with Crippen LogP contribution in [-0.2, 0) is 6.54 Å². The number of hydrogen-bond donors (Lipinski definition) is 2. The SMILES string of the molecule is N#Cc1cccc(Nc2cc(C(=O)NCc3ccccc3F)ncn2)c1. The second-order valence-electron chi connectivity index (χ2n) is 5.38. The molecule has 0 aliphatic rings. The summed E-state index contributed by atoms with van der Waals surface area (Å²) in [5.74, 6) is -0.411. The van der Waals surface area contributed by atoms with Crippen molar-refractivity contribution in [3.63, 3.8) is 0 Å². The molecule has 0 fully saturated rings. The zero-order valence-electron chi connectivity index (χ0n) is 13.6. The van der Waals surface area contributed by atoms with Gasteiger partial charge in [-0.1, -0.05) is 24.3 Å². The minimum Gasteiger partial charge on any atom is -0.347 e. The van der Waals surface area contributed by atoms with E-state index >= 15 is 0 Å². The van der Waals surface area contributed by atoms with Gasteiger partial charge in [0.05, 0.1) is 11.6 Å². The molecule has 128 valence electrons. The average Bonchev–Trinajstić information content (AvgIpc) is 2.67. The van der Waals surface area contributed by atoms with Crippen LogP contribution in [0.5, 0.6) is 0 Å². The zero-order chi connectivity index (χ0) is 18.4. The maximum atomic E-state index is 13.6. The van der Waals surface area contributed by atoms with Crippen LogP contribution in [0.3, 0.4) is 0 Å². The third kappa shape index (κ3) is 4.19. The highest BCUT2D eigenvalue weighted by Gasteiger charge is 2.10. The number of hydrogen-bond acceptors (Lipinski definition) is 5. The van der Waals surface area contributed by atoms with Gasteiger partial charge in [0.2, 0.25) is 0 Å². The first-order valence-corrected chi connectivity index (χ1v) is 7.76. The van der Waals surface area contributed by atoms with Gasteiger partial charge in [0.15, 0.2) is 0 Å². The van der Waals surface area contributed by atoms with E-state index in [2.05, 4.69) is 26.7 Å². The molecule has 26 heavy (non-hydrogen) atoms. The van der Waals surface area contributed by atoms with E-state index in [9.17, 15) is 9.18 Å². The first kappa shape index (κ1) is 17.0. The number of rotatable bonds is 5. The Labute approximate surface area is 149 Å². The van der Waals surface area contributed by atoms with Crippen LogP contribution in [0.2, 0.25) is 0 Å². The summed E-state index contributed by atoms with van der Waals surface area (Å²) in [5, 5.41) is 14.6. The van der Waals surface area contributed by atoms with Crippen molar-refractivity contribution in [1.82, 2.24) is 15.3 Å². The monoisotopic (exact) mass is 347 g/mol. The molecule has 0 saturated heterocycles. The highest BCUT2D eigenvalue weighted by atomic mass is 19.1. The molecule has 3 aromatic rings. The fourth-order valence-electron chi connectivity index (χ4n) is 2.27. The van der Waals surface area contributed by atoms with Crippen LogP contribution >= 0.6 is 0 Å². The molecule has 1 aromatic heterocycles. The fourth-order valence-corrected chi connectivity index (χ4v) is 2.27. The van der Waals surface area contributed by atoms with Gasteiger partial charge in [0.25, 0.3) is 5.91 Å². The smallest absolute Gasteiger partial charge is 0.270 e. The Hall–Kier alpha value is -3.79. The van der Waals surface area contributed by atoms with Crippen LogP contribution in [0.25, 0.3) is 0 Å². The lowest BCUT2D eigenvalue weighted by Crippen LogP contribution is -2.24. The van der Waals surface area contributed by atoms with Gasteiger partial charge in [-0.2, -0.15) is 5.26 Å². The molecular formula is C19H14FN5O. The lowest BCUT2D eigenvalue weighted by Gasteiger charge is -2.08. The molecule has 0 radical (unpaired) electrons. The summed E-state index contributed by atoms with van der Waals surface area (Å²) in [6.07, 6.45) is 1.26. The van der Waals surface area contributed by atoms with Crippen molar-refractivity contribution in [2.75, 3.05) is 5.32 Å². The van der Waals surface area contributed by atoms with Crippen molar-refractivity contribution in [3.8, 4) is 6.07 Å². The Morgan fingerprint density at radius 3 is 2.77 bits per heavy atom. The Bertz CT molecular complexity index is 983. The minimum absolute atomic E-state index is 0.0580. The summed E-state index contributed by atoms with van der Waals surface area (Å²) in [5.41, 5.74) is 1.71. The van der Waals surface area contributed by atoms with Gasteiger partial charge in [-0.3, -0.25) is 4.79 Å². The molecule has 0 atom stereocenters. The van der Waals surface area contributed by atoms with Gasteiger partial charge in [-0.15, -0.1) is 0 Å². The zero-order valence-corrected chi connectivity index (χ0v) is 13.6. The maximum Gasteiger partial charge on any atom is 0.270 e. The van der Waals surface area contributed by atoms with E-state index in [1.54, 1.807) is 42.5 Å². The van der Waals surface area contributed by atoms with E-state index in [1.165, 1.54) is 18.5 Å². The molecule has 0 saturated carbocycles. The van der Waals surface area contributed by atoms with Gasteiger partial charge in [-0.05, 0) is 24.3 Å². The molecule has 0 aliphatic carbocycles. The second-order valence-corrected chi connectivity index (χ2v) is 5.38. The highest BCUT2D eigenvalue weighted by Crippen LogP contribution is 2.16. The van der Waals surface area contributed by atoms with Crippen molar-refractivity contribution >= 4 is 17.4 Å². The van der Waals surface area contributed by atoms with Crippen LogP contribution in [0.1, 0.15) is 21.6 Å².